The number of fused-ring (bicyclic) bond motifs is 1. The van der Waals surface area contributed by atoms with Crippen LogP contribution in [0.3, 0.4) is 0 Å². The van der Waals surface area contributed by atoms with Crippen LogP contribution in [0.25, 0.3) is 22.1 Å². The van der Waals surface area contributed by atoms with E-state index in [0.717, 1.165) is 37.0 Å². The minimum atomic E-state index is -0.341. The van der Waals surface area contributed by atoms with Crippen LogP contribution in [0.5, 0.6) is 0 Å². The van der Waals surface area contributed by atoms with E-state index in [-0.39, 0.29) is 5.63 Å². The predicted molar refractivity (Wildman–Crippen MR) is 131 cm³/mol. The first-order valence-corrected chi connectivity index (χ1v) is 11.4. The Morgan fingerprint density at radius 3 is 2.50 bits per heavy atom. The monoisotopic (exact) mass is 444 g/mol. The molecule has 1 saturated heterocycles. The summed E-state index contributed by atoms with van der Waals surface area (Å²) in [5.74, 6) is 0. The van der Waals surface area contributed by atoms with Gasteiger partial charge in [0.15, 0.2) is 0 Å². The van der Waals surface area contributed by atoms with Gasteiger partial charge >= 0.3 is 5.63 Å². The quantitative estimate of drug-likeness (QED) is 0.391. The number of benzene rings is 3. The summed E-state index contributed by atoms with van der Waals surface area (Å²) < 4.78 is 5.47. The molecule has 5 rings (SSSR count). The van der Waals surface area contributed by atoms with E-state index < -0.39 is 0 Å². The van der Waals surface area contributed by atoms with E-state index in [2.05, 4.69) is 58.7 Å². The second-order valence-electron chi connectivity index (χ2n) is 8.27. The molecule has 0 radical (unpaired) electrons. The van der Waals surface area contributed by atoms with E-state index in [9.17, 15) is 4.79 Å². The van der Waals surface area contributed by atoms with Gasteiger partial charge in [0.05, 0.1) is 5.69 Å². The largest absolute Gasteiger partial charge is 0.423 e. The van der Waals surface area contributed by atoms with Crippen LogP contribution in [0.4, 0.5) is 5.69 Å². The van der Waals surface area contributed by atoms with Gasteiger partial charge in [-0.2, -0.15) is 0 Å². The molecule has 1 aliphatic heterocycles. The van der Waals surface area contributed by atoms with E-state index in [0.29, 0.717) is 23.2 Å². The van der Waals surface area contributed by atoms with Crippen molar-refractivity contribution >= 4 is 28.3 Å². The van der Waals surface area contributed by atoms with E-state index in [4.69, 9.17) is 16.0 Å². The molecule has 1 N–H and O–H groups in total. The zero-order valence-electron chi connectivity index (χ0n) is 17.8. The minimum absolute atomic E-state index is 0.320. The lowest BCUT2D eigenvalue weighted by Crippen LogP contribution is -2.43. The number of rotatable bonds is 5. The van der Waals surface area contributed by atoms with Crippen molar-refractivity contribution in [2.45, 2.75) is 25.4 Å². The fraction of sp³-hybridized carbons (Fsp3) is 0.222. The van der Waals surface area contributed by atoms with Gasteiger partial charge < -0.3 is 14.6 Å². The topological polar surface area (TPSA) is 45.5 Å². The highest BCUT2D eigenvalue weighted by atomic mass is 35.5. The fourth-order valence-corrected chi connectivity index (χ4v) is 4.73. The predicted octanol–water partition coefficient (Wildman–Crippen LogP) is 5.87. The van der Waals surface area contributed by atoms with E-state index in [1.165, 1.54) is 16.7 Å². The Balaban J connectivity index is 1.58. The van der Waals surface area contributed by atoms with E-state index >= 15 is 0 Å². The second-order valence-corrected chi connectivity index (χ2v) is 8.70. The molecule has 1 fully saturated rings. The molecule has 0 saturated carbocycles. The third-order valence-corrected chi connectivity index (χ3v) is 6.36. The number of piperidine rings is 1. The molecule has 2 heterocycles. The second kappa shape index (κ2) is 9.19. The summed E-state index contributed by atoms with van der Waals surface area (Å²) in [6.07, 6.45) is 2.03. The van der Waals surface area contributed by atoms with Gasteiger partial charge in [0.25, 0.3) is 0 Å². The normalized spacial score (nSPS) is 14.5. The summed E-state index contributed by atoms with van der Waals surface area (Å²) in [5.41, 5.74) is 4.69. The van der Waals surface area contributed by atoms with Gasteiger partial charge in [-0.3, -0.25) is 0 Å². The van der Waals surface area contributed by atoms with Crippen LogP contribution < -0.4 is 15.8 Å². The maximum Gasteiger partial charge on any atom is 0.338 e. The lowest BCUT2D eigenvalue weighted by Gasteiger charge is -2.37. The van der Waals surface area contributed by atoms with Crippen molar-refractivity contribution in [3.8, 4) is 11.1 Å². The number of anilines is 1. The first-order valence-electron chi connectivity index (χ1n) is 11.0. The van der Waals surface area contributed by atoms with Crippen LogP contribution in [0.2, 0.25) is 5.02 Å². The number of hydrogen-bond acceptors (Lipinski definition) is 4. The summed E-state index contributed by atoms with van der Waals surface area (Å²) in [5, 5.41) is 4.94. The van der Waals surface area contributed by atoms with Gasteiger partial charge in [0.2, 0.25) is 0 Å². The molecule has 32 heavy (non-hydrogen) atoms. The maximum absolute atomic E-state index is 12.4. The Bertz CT molecular complexity index is 1280. The fourth-order valence-electron chi connectivity index (χ4n) is 4.56. The Hall–Kier alpha value is -3.08. The average Bonchev–Trinajstić information content (AvgIpc) is 2.84. The molecule has 1 aromatic heterocycles. The standard InChI is InChI=1S/C27H25ClN2O2/c28-22-9-10-26-24(16-22)25(17-27(31)32-26)30(23-11-13-29-14-12-23)18-19-5-4-8-21(15-19)20-6-2-1-3-7-20/h1-10,15-17,23,29H,11-14,18H2. The molecule has 4 aromatic rings. The molecule has 5 heteroatoms. The summed E-state index contributed by atoms with van der Waals surface area (Å²) in [6, 6.07) is 26.4. The van der Waals surface area contributed by atoms with Crippen molar-refractivity contribution < 1.29 is 4.42 Å². The van der Waals surface area contributed by atoms with Crippen molar-refractivity contribution in [1.29, 1.82) is 0 Å². The highest BCUT2D eigenvalue weighted by Crippen LogP contribution is 2.32. The summed E-state index contributed by atoms with van der Waals surface area (Å²) >= 11 is 6.32. The third-order valence-electron chi connectivity index (χ3n) is 6.13. The van der Waals surface area contributed by atoms with Crippen molar-refractivity contribution in [3.05, 3.63) is 99.9 Å². The van der Waals surface area contributed by atoms with Gasteiger partial charge in [-0.15, -0.1) is 0 Å². The van der Waals surface area contributed by atoms with Crippen molar-refractivity contribution in [1.82, 2.24) is 5.32 Å². The summed E-state index contributed by atoms with van der Waals surface area (Å²) in [6.45, 7) is 2.63. The van der Waals surface area contributed by atoms with Gasteiger partial charge in [-0.05, 0) is 66.9 Å². The lowest BCUT2D eigenvalue weighted by atomic mass is 9.99. The van der Waals surface area contributed by atoms with Crippen LogP contribution in [0.1, 0.15) is 18.4 Å². The number of halogens is 1. The summed E-state index contributed by atoms with van der Waals surface area (Å²) in [4.78, 5) is 14.8. The van der Waals surface area contributed by atoms with Crippen molar-refractivity contribution in [2.24, 2.45) is 0 Å². The van der Waals surface area contributed by atoms with Gasteiger partial charge in [-0.1, -0.05) is 60.1 Å². The summed E-state index contributed by atoms with van der Waals surface area (Å²) in [7, 11) is 0. The molecule has 0 unspecified atom stereocenters. The van der Waals surface area contributed by atoms with Crippen LogP contribution >= 0.6 is 11.6 Å². The van der Waals surface area contributed by atoms with Crippen LogP contribution in [0, 0.1) is 0 Å². The molecule has 0 amide bonds. The molecule has 4 nitrogen and oxygen atoms in total. The molecular formula is C27H25ClN2O2. The SMILES string of the molecule is O=c1cc(N(Cc2cccc(-c3ccccc3)c2)C2CCNCC2)c2cc(Cl)ccc2o1. The van der Waals surface area contributed by atoms with Gasteiger partial charge in [-0.25, -0.2) is 4.79 Å². The zero-order valence-corrected chi connectivity index (χ0v) is 18.5. The molecular weight excluding hydrogens is 420 g/mol. The van der Waals surface area contributed by atoms with E-state index in [1.807, 2.05) is 12.1 Å². The highest BCUT2D eigenvalue weighted by Gasteiger charge is 2.24. The van der Waals surface area contributed by atoms with Crippen LogP contribution in [0.15, 0.2) is 88.1 Å². The minimum Gasteiger partial charge on any atom is -0.423 e. The third kappa shape index (κ3) is 4.43. The molecule has 1 aliphatic rings. The number of nitrogens with zero attached hydrogens (tertiary/aromatic N) is 1. The lowest BCUT2D eigenvalue weighted by molar-refractivity contribution is 0.428. The molecule has 0 bridgehead atoms. The number of nitrogens with one attached hydrogen (secondary N) is 1. The van der Waals surface area contributed by atoms with Crippen molar-refractivity contribution in [2.75, 3.05) is 18.0 Å². The Kier molecular flexibility index (Phi) is 5.97. The molecule has 3 aromatic carbocycles. The first-order chi connectivity index (χ1) is 15.7. The van der Waals surface area contributed by atoms with Gasteiger partial charge in [0, 0.05) is 29.1 Å². The maximum atomic E-state index is 12.4. The van der Waals surface area contributed by atoms with Gasteiger partial charge in [0.1, 0.15) is 5.58 Å². The Labute approximate surface area is 192 Å². The number of hydrogen-bond donors (Lipinski definition) is 1. The molecule has 162 valence electrons. The smallest absolute Gasteiger partial charge is 0.338 e. The van der Waals surface area contributed by atoms with Crippen LogP contribution in [-0.4, -0.2) is 19.1 Å². The molecule has 0 aliphatic carbocycles. The van der Waals surface area contributed by atoms with Crippen molar-refractivity contribution in [3.63, 3.8) is 0 Å². The average molecular weight is 445 g/mol. The molecule has 0 atom stereocenters. The zero-order chi connectivity index (χ0) is 21.9. The Morgan fingerprint density at radius 1 is 0.906 bits per heavy atom. The Morgan fingerprint density at radius 2 is 1.69 bits per heavy atom. The first kappa shape index (κ1) is 20.8. The molecule has 0 spiro atoms. The van der Waals surface area contributed by atoms with Crippen LogP contribution in [-0.2, 0) is 6.54 Å². The van der Waals surface area contributed by atoms with E-state index in [1.54, 1.807) is 18.2 Å². The highest BCUT2D eigenvalue weighted by molar-refractivity contribution is 6.31.